The molecule has 0 aliphatic carbocycles. The normalized spacial score (nSPS) is 12.1. The van der Waals surface area contributed by atoms with Gasteiger partial charge in [0.05, 0.1) is 12.1 Å². The molecule has 8 nitrogen and oxygen atoms in total. The summed E-state index contributed by atoms with van der Waals surface area (Å²) < 4.78 is 1.78. The first kappa shape index (κ1) is 15.9. The summed E-state index contributed by atoms with van der Waals surface area (Å²) in [7, 11) is 1.79. The van der Waals surface area contributed by atoms with Gasteiger partial charge in [-0.1, -0.05) is 24.3 Å². The van der Waals surface area contributed by atoms with Crippen molar-refractivity contribution in [3.8, 4) is 5.69 Å². The quantitative estimate of drug-likeness (QED) is 0.735. The predicted molar refractivity (Wildman–Crippen MR) is 87.5 cm³/mol. The molecule has 0 spiro atoms. The number of aromatic nitrogens is 6. The molecule has 0 radical (unpaired) electrons. The molecule has 0 aliphatic rings. The lowest BCUT2D eigenvalue weighted by molar-refractivity contribution is -0.129. The van der Waals surface area contributed by atoms with E-state index in [4.69, 9.17) is 0 Å². The topological polar surface area (TPSA) is 92.6 Å². The van der Waals surface area contributed by atoms with Crippen LogP contribution in [0.25, 0.3) is 5.69 Å². The maximum absolute atomic E-state index is 12.4. The summed E-state index contributed by atoms with van der Waals surface area (Å²) in [5.41, 5.74) is 1.94. The maximum Gasteiger partial charge on any atom is 0.226 e. The van der Waals surface area contributed by atoms with Crippen LogP contribution in [0.5, 0.6) is 0 Å². The van der Waals surface area contributed by atoms with Gasteiger partial charge in [-0.2, -0.15) is 10.3 Å². The van der Waals surface area contributed by atoms with Gasteiger partial charge in [-0.05, 0) is 23.8 Å². The Kier molecular flexibility index (Phi) is 4.64. The zero-order valence-electron chi connectivity index (χ0n) is 13.6. The smallest absolute Gasteiger partial charge is 0.226 e. The van der Waals surface area contributed by atoms with Crippen molar-refractivity contribution in [1.29, 1.82) is 0 Å². The summed E-state index contributed by atoms with van der Waals surface area (Å²) in [4.78, 5) is 14.1. The highest BCUT2D eigenvalue weighted by molar-refractivity contribution is 5.78. The molecule has 0 bridgehead atoms. The van der Waals surface area contributed by atoms with E-state index in [-0.39, 0.29) is 11.8 Å². The number of hydrogen-bond donors (Lipinski definition) is 1. The predicted octanol–water partition coefficient (Wildman–Crippen LogP) is 1.19. The standard InChI is InChI=1S/C16H19N7O/c1-12(16-18-20-21-19-16)11-22(2)15(24)10-13-4-6-14(7-5-13)23-9-3-8-17-23/h3-9,12H,10-11H2,1-2H3,(H,18,19,20,21)/t12-/m1/s1. The van der Waals surface area contributed by atoms with Crippen molar-refractivity contribution in [2.45, 2.75) is 19.3 Å². The molecule has 0 saturated carbocycles. The Hall–Kier alpha value is -3.03. The van der Waals surface area contributed by atoms with E-state index < -0.39 is 0 Å². The molecule has 0 saturated heterocycles. The molecule has 3 rings (SSSR count). The number of carbonyl (C=O) groups is 1. The van der Waals surface area contributed by atoms with Gasteiger partial charge in [-0.3, -0.25) is 4.79 Å². The van der Waals surface area contributed by atoms with Crippen LogP contribution >= 0.6 is 0 Å². The largest absolute Gasteiger partial charge is 0.345 e. The maximum atomic E-state index is 12.4. The lowest BCUT2D eigenvalue weighted by Crippen LogP contribution is -2.31. The minimum absolute atomic E-state index is 0.0277. The number of tetrazole rings is 1. The van der Waals surface area contributed by atoms with E-state index in [1.165, 1.54) is 0 Å². The van der Waals surface area contributed by atoms with E-state index >= 15 is 0 Å². The molecule has 1 amide bonds. The number of benzene rings is 1. The van der Waals surface area contributed by atoms with Crippen LogP contribution in [-0.4, -0.2) is 54.8 Å². The van der Waals surface area contributed by atoms with Crippen LogP contribution in [0.3, 0.4) is 0 Å². The van der Waals surface area contributed by atoms with Gasteiger partial charge < -0.3 is 4.90 Å². The fraction of sp³-hybridized carbons (Fsp3) is 0.312. The first-order chi connectivity index (χ1) is 11.6. The number of nitrogens with one attached hydrogen (secondary N) is 1. The third-order valence-corrected chi connectivity index (χ3v) is 3.84. The Labute approximate surface area is 139 Å². The second-order valence-electron chi connectivity index (χ2n) is 5.74. The number of aromatic amines is 1. The highest BCUT2D eigenvalue weighted by Gasteiger charge is 2.17. The number of hydrogen-bond acceptors (Lipinski definition) is 5. The molecule has 0 aliphatic heterocycles. The van der Waals surface area contributed by atoms with Crippen molar-refractivity contribution in [2.24, 2.45) is 0 Å². The third-order valence-electron chi connectivity index (χ3n) is 3.84. The zero-order valence-corrected chi connectivity index (χ0v) is 13.6. The summed E-state index contributed by atoms with van der Waals surface area (Å²) in [6.45, 7) is 2.51. The van der Waals surface area contributed by atoms with Gasteiger partial charge in [0.2, 0.25) is 5.91 Å². The number of likely N-dealkylation sites (N-methyl/N-ethyl adjacent to an activating group) is 1. The molecular formula is C16H19N7O. The summed E-state index contributed by atoms with van der Waals surface area (Å²) in [5.74, 6) is 0.690. The minimum Gasteiger partial charge on any atom is -0.345 e. The average Bonchev–Trinajstić information content (AvgIpc) is 3.29. The monoisotopic (exact) mass is 325 g/mol. The molecule has 0 unspecified atom stereocenters. The molecule has 8 heteroatoms. The average molecular weight is 325 g/mol. The Balaban J connectivity index is 1.58. The van der Waals surface area contributed by atoms with E-state index in [1.54, 1.807) is 22.8 Å². The number of amides is 1. The van der Waals surface area contributed by atoms with E-state index in [0.717, 1.165) is 11.3 Å². The van der Waals surface area contributed by atoms with Gasteiger partial charge in [0.25, 0.3) is 0 Å². The molecule has 1 aromatic carbocycles. The first-order valence-electron chi connectivity index (χ1n) is 7.70. The Morgan fingerprint density at radius 1 is 1.33 bits per heavy atom. The Bertz CT molecular complexity index is 765. The summed E-state index contributed by atoms with van der Waals surface area (Å²) in [5, 5.41) is 18.1. The number of nitrogens with zero attached hydrogens (tertiary/aromatic N) is 6. The van der Waals surface area contributed by atoms with Crippen LogP contribution in [-0.2, 0) is 11.2 Å². The van der Waals surface area contributed by atoms with Crippen LogP contribution in [0.2, 0.25) is 0 Å². The van der Waals surface area contributed by atoms with Crippen molar-refractivity contribution < 1.29 is 4.79 Å². The Morgan fingerprint density at radius 2 is 2.12 bits per heavy atom. The van der Waals surface area contributed by atoms with Gasteiger partial charge in [-0.15, -0.1) is 10.2 Å². The number of carbonyl (C=O) groups excluding carboxylic acids is 1. The van der Waals surface area contributed by atoms with E-state index in [0.29, 0.717) is 18.8 Å². The van der Waals surface area contributed by atoms with Gasteiger partial charge in [0.1, 0.15) is 0 Å². The molecule has 2 aromatic heterocycles. The molecule has 3 aromatic rings. The summed E-state index contributed by atoms with van der Waals surface area (Å²) >= 11 is 0. The lowest BCUT2D eigenvalue weighted by atomic mass is 10.1. The van der Waals surface area contributed by atoms with Crippen molar-refractivity contribution >= 4 is 5.91 Å². The molecular weight excluding hydrogens is 306 g/mol. The van der Waals surface area contributed by atoms with Crippen LogP contribution in [0.1, 0.15) is 24.2 Å². The molecule has 24 heavy (non-hydrogen) atoms. The van der Waals surface area contributed by atoms with Crippen LogP contribution in [0.4, 0.5) is 0 Å². The molecule has 1 N–H and O–H groups in total. The fourth-order valence-electron chi connectivity index (χ4n) is 2.47. The van der Waals surface area contributed by atoms with Crippen molar-refractivity contribution in [3.05, 3.63) is 54.1 Å². The van der Waals surface area contributed by atoms with Crippen LogP contribution < -0.4 is 0 Å². The molecule has 0 fully saturated rings. The number of rotatable bonds is 6. The summed E-state index contributed by atoms with van der Waals surface area (Å²) in [6, 6.07) is 9.68. The van der Waals surface area contributed by atoms with E-state index in [2.05, 4.69) is 25.7 Å². The minimum atomic E-state index is 0.0277. The van der Waals surface area contributed by atoms with Gasteiger partial charge in [0.15, 0.2) is 5.82 Å². The summed E-state index contributed by atoms with van der Waals surface area (Å²) in [6.07, 6.45) is 3.97. The molecule has 124 valence electrons. The second kappa shape index (κ2) is 7.03. The van der Waals surface area contributed by atoms with Crippen molar-refractivity contribution in [3.63, 3.8) is 0 Å². The second-order valence-corrected chi connectivity index (χ2v) is 5.74. The van der Waals surface area contributed by atoms with Gasteiger partial charge >= 0.3 is 0 Å². The fourth-order valence-corrected chi connectivity index (χ4v) is 2.47. The molecule has 1 atom stereocenters. The SMILES string of the molecule is C[C@H](CN(C)C(=O)Cc1ccc(-n2cccn2)cc1)c1nn[nH]n1. The lowest BCUT2D eigenvalue weighted by Gasteiger charge is -2.20. The van der Waals surface area contributed by atoms with Gasteiger partial charge in [-0.25, -0.2) is 4.68 Å². The van der Waals surface area contributed by atoms with E-state index in [1.807, 2.05) is 43.5 Å². The zero-order chi connectivity index (χ0) is 16.9. The first-order valence-corrected chi connectivity index (χ1v) is 7.70. The highest BCUT2D eigenvalue weighted by atomic mass is 16.2. The van der Waals surface area contributed by atoms with Crippen molar-refractivity contribution in [1.82, 2.24) is 35.3 Å². The van der Waals surface area contributed by atoms with Crippen LogP contribution in [0, 0.1) is 0 Å². The highest BCUT2D eigenvalue weighted by Crippen LogP contribution is 2.12. The third kappa shape index (κ3) is 3.65. The Morgan fingerprint density at radius 3 is 2.75 bits per heavy atom. The van der Waals surface area contributed by atoms with Crippen LogP contribution in [0.15, 0.2) is 42.7 Å². The van der Waals surface area contributed by atoms with Gasteiger partial charge in [0, 0.05) is 31.9 Å². The van der Waals surface area contributed by atoms with E-state index in [9.17, 15) is 4.79 Å². The molecule has 2 heterocycles. The van der Waals surface area contributed by atoms with Crippen molar-refractivity contribution in [2.75, 3.05) is 13.6 Å². The number of H-pyrrole nitrogens is 1.